The summed E-state index contributed by atoms with van der Waals surface area (Å²) in [6.07, 6.45) is 1.86. The number of fused-ring (bicyclic) bond motifs is 1. The summed E-state index contributed by atoms with van der Waals surface area (Å²) in [5.74, 6) is 0.242. The predicted molar refractivity (Wildman–Crippen MR) is 67.5 cm³/mol. The van der Waals surface area contributed by atoms with Gasteiger partial charge < -0.3 is 5.11 Å². The number of aromatic hydroxyl groups is 1. The summed E-state index contributed by atoms with van der Waals surface area (Å²) >= 11 is 0. The Morgan fingerprint density at radius 1 is 1.06 bits per heavy atom. The highest BCUT2D eigenvalue weighted by atomic mass is 16.3. The summed E-state index contributed by atoms with van der Waals surface area (Å²) in [4.78, 5) is 0. The molecule has 0 bridgehead atoms. The summed E-state index contributed by atoms with van der Waals surface area (Å²) in [7, 11) is 0. The van der Waals surface area contributed by atoms with Crippen LogP contribution in [0.1, 0.15) is 5.69 Å². The Bertz CT molecular complexity index is 686. The van der Waals surface area contributed by atoms with Crippen LogP contribution in [0.3, 0.4) is 0 Å². The van der Waals surface area contributed by atoms with E-state index < -0.39 is 0 Å². The normalized spacial score (nSPS) is 10.9. The first-order valence-corrected chi connectivity index (χ1v) is 5.49. The minimum absolute atomic E-state index is 0.242. The molecule has 0 atom stereocenters. The first-order chi connectivity index (χ1) is 8.25. The van der Waals surface area contributed by atoms with Crippen LogP contribution >= 0.6 is 0 Å². The third-order valence-electron chi connectivity index (χ3n) is 2.83. The summed E-state index contributed by atoms with van der Waals surface area (Å²) in [5.41, 5.74) is 1.66. The Kier molecular flexibility index (Phi) is 2.11. The van der Waals surface area contributed by atoms with Crippen LogP contribution in [0.5, 0.6) is 5.75 Å². The molecule has 1 N–H and O–H groups in total. The van der Waals surface area contributed by atoms with Crippen molar-refractivity contribution in [2.45, 2.75) is 6.92 Å². The van der Waals surface area contributed by atoms with Crippen molar-refractivity contribution in [2.75, 3.05) is 0 Å². The van der Waals surface area contributed by atoms with E-state index in [1.165, 1.54) is 0 Å². The Morgan fingerprint density at radius 3 is 2.65 bits per heavy atom. The zero-order valence-corrected chi connectivity index (χ0v) is 9.46. The van der Waals surface area contributed by atoms with E-state index in [9.17, 15) is 5.11 Å². The van der Waals surface area contributed by atoms with Crippen molar-refractivity contribution in [3.05, 3.63) is 54.4 Å². The highest BCUT2D eigenvalue weighted by Crippen LogP contribution is 2.30. The second kappa shape index (κ2) is 3.63. The van der Waals surface area contributed by atoms with Crippen LogP contribution in [0.4, 0.5) is 0 Å². The van der Waals surface area contributed by atoms with Gasteiger partial charge >= 0.3 is 0 Å². The molecule has 3 rings (SSSR count). The van der Waals surface area contributed by atoms with E-state index in [0.717, 1.165) is 22.2 Å². The number of phenols is 1. The number of benzene rings is 2. The molecule has 0 spiro atoms. The molecule has 0 aliphatic rings. The van der Waals surface area contributed by atoms with Crippen molar-refractivity contribution in [1.29, 1.82) is 0 Å². The molecule has 1 heterocycles. The zero-order valence-electron chi connectivity index (χ0n) is 9.46. The molecule has 0 saturated carbocycles. The van der Waals surface area contributed by atoms with Crippen LogP contribution in [0, 0.1) is 6.92 Å². The van der Waals surface area contributed by atoms with E-state index in [1.54, 1.807) is 10.7 Å². The van der Waals surface area contributed by atoms with Crippen molar-refractivity contribution < 1.29 is 5.11 Å². The summed E-state index contributed by atoms with van der Waals surface area (Å²) in [6, 6.07) is 13.5. The van der Waals surface area contributed by atoms with E-state index >= 15 is 0 Å². The highest BCUT2D eigenvalue weighted by molar-refractivity contribution is 5.92. The Hall–Kier alpha value is -2.29. The third kappa shape index (κ3) is 1.56. The van der Waals surface area contributed by atoms with Crippen LogP contribution in [-0.2, 0) is 0 Å². The lowest BCUT2D eigenvalue weighted by molar-refractivity contribution is 0.471. The SMILES string of the molecule is Cc1ccn(-c2c(O)ccc3ccccc23)n1. The van der Waals surface area contributed by atoms with Gasteiger partial charge in [-0.05, 0) is 24.4 Å². The van der Waals surface area contributed by atoms with Gasteiger partial charge in [-0.2, -0.15) is 5.10 Å². The molecule has 0 fully saturated rings. The van der Waals surface area contributed by atoms with Crippen molar-refractivity contribution in [3.63, 3.8) is 0 Å². The standard InChI is InChI=1S/C14H12N2O/c1-10-8-9-16(15-10)14-12-5-3-2-4-11(12)6-7-13(14)17/h2-9,17H,1H3. The summed E-state index contributed by atoms with van der Waals surface area (Å²) in [6.45, 7) is 1.93. The minimum atomic E-state index is 0.242. The van der Waals surface area contributed by atoms with E-state index in [-0.39, 0.29) is 5.75 Å². The number of hydrogen-bond donors (Lipinski definition) is 1. The molecule has 0 unspecified atom stereocenters. The van der Waals surface area contributed by atoms with Crippen LogP contribution in [0.25, 0.3) is 16.5 Å². The summed E-state index contributed by atoms with van der Waals surface area (Å²) in [5, 5.41) is 16.4. The smallest absolute Gasteiger partial charge is 0.141 e. The van der Waals surface area contributed by atoms with Gasteiger partial charge in [-0.1, -0.05) is 30.3 Å². The molecule has 3 aromatic rings. The average Bonchev–Trinajstić information content (AvgIpc) is 2.75. The van der Waals surface area contributed by atoms with Gasteiger partial charge in [0.1, 0.15) is 11.4 Å². The van der Waals surface area contributed by atoms with Crippen molar-refractivity contribution >= 4 is 10.8 Å². The van der Waals surface area contributed by atoms with Gasteiger partial charge in [0, 0.05) is 11.6 Å². The van der Waals surface area contributed by atoms with Crippen LogP contribution < -0.4 is 0 Å². The predicted octanol–water partition coefficient (Wildman–Crippen LogP) is 3.04. The van der Waals surface area contributed by atoms with Crippen LogP contribution in [0.2, 0.25) is 0 Å². The van der Waals surface area contributed by atoms with Crippen LogP contribution in [-0.4, -0.2) is 14.9 Å². The molecule has 2 aromatic carbocycles. The minimum Gasteiger partial charge on any atom is -0.506 e. The lowest BCUT2D eigenvalue weighted by Gasteiger charge is -2.08. The molecule has 3 nitrogen and oxygen atoms in total. The molecular formula is C14H12N2O. The Labute approximate surface area is 98.9 Å². The Balaban J connectivity index is 2.38. The van der Waals surface area contributed by atoms with Crippen molar-refractivity contribution in [3.8, 4) is 11.4 Å². The van der Waals surface area contributed by atoms with Gasteiger partial charge in [-0.25, -0.2) is 4.68 Å². The zero-order chi connectivity index (χ0) is 11.8. The van der Waals surface area contributed by atoms with Gasteiger partial charge in [0.05, 0.1) is 5.69 Å². The lowest BCUT2D eigenvalue weighted by Crippen LogP contribution is -1.96. The number of aromatic nitrogens is 2. The van der Waals surface area contributed by atoms with Crippen molar-refractivity contribution in [2.24, 2.45) is 0 Å². The number of hydrogen-bond acceptors (Lipinski definition) is 2. The maximum Gasteiger partial charge on any atom is 0.141 e. The first-order valence-electron chi connectivity index (χ1n) is 5.49. The number of aryl methyl sites for hydroxylation is 1. The van der Waals surface area contributed by atoms with Gasteiger partial charge in [0.2, 0.25) is 0 Å². The molecule has 0 saturated heterocycles. The molecule has 3 heteroatoms. The average molecular weight is 224 g/mol. The topological polar surface area (TPSA) is 38.0 Å². The molecule has 84 valence electrons. The molecule has 0 aliphatic heterocycles. The maximum absolute atomic E-state index is 10.0. The molecule has 17 heavy (non-hydrogen) atoms. The third-order valence-corrected chi connectivity index (χ3v) is 2.83. The second-order valence-corrected chi connectivity index (χ2v) is 4.06. The monoisotopic (exact) mass is 224 g/mol. The van der Waals surface area contributed by atoms with Crippen LogP contribution in [0.15, 0.2) is 48.7 Å². The Morgan fingerprint density at radius 2 is 1.88 bits per heavy atom. The fourth-order valence-corrected chi connectivity index (χ4v) is 2.02. The van der Waals surface area contributed by atoms with Gasteiger partial charge in [0.15, 0.2) is 0 Å². The molecule has 0 radical (unpaired) electrons. The molecular weight excluding hydrogens is 212 g/mol. The maximum atomic E-state index is 10.0. The first kappa shape index (κ1) is 9.90. The fraction of sp³-hybridized carbons (Fsp3) is 0.0714. The van der Waals surface area contributed by atoms with Gasteiger partial charge in [0.25, 0.3) is 0 Å². The molecule has 0 amide bonds. The van der Waals surface area contributed by atoms with Gasteiger partial charge in [-0.3, -0.25) is 0 Å². The largest absolute Gasteiger partial charge is 0.506 e. The number of nitrogens with zero attached hydrogens (tertiary/aromatic N) is 2. The second-order valence-electron chi connectivity index (χ2n) is 4.06. The highest BCUT2D eigenvalue weighted by Gasteiger charge is 2.09. The van der Waals surface area contributed by atoms with E-state index in [4.69, 9.17) is 0 Å². The molecule has 1 aromatic heterocycles. The van der Waals surface area contributed by atoms with E-state index in [0.29, 0.717) is 0 Å². The lowest BCUT2D eigenvalue weighted by atomic mass is 10.1. The number of rotatable bonds is 1. The summed E-state index contributed by atoms with van der Waals surface area (Å²) < 4.78 is 1.72. The fourth-order valence-electron chi connectivity index (χ4n) is 2.02. The number of phenolic OH excluding ortho intramolecular Hbond substituents is 1. The van der Waals surface area contributed by atoms with E-state index in [2.05, 4.69) is 5.10 Å². The van der Waals surface area contributed by atoms with Gasteiger partial charge in [-0.15, -0.1) is 0 Å². The molecule has 0 aliphatic carbocycles. The quantitative estimate of drug-likeness (QED) is 0.690. The van der Waals surface area contributed by atoms with E-state index in [1.807, 2.05) is 49.5 Å². The van der Waals surface area contributed by atoms with Crippen molar-refractivity contribution in [1.82, 2.24) is 9.78 Å².